The Morgan fingerprint density at radius 2 is 1.95 bits per heavy atom. The van der Waals surface area contributed by atoms with Gasteiger partial charge in [0.2, 0.25) is 0 Å². The van der Waals surface area contributed by atoms with Crippen molar-refractivity contribution >= 4 is 5.97 Å². The summed E-state index contributed by atoms with van der Waals surface area (Å²) < 4.78 is 5.63. The maximum absolute atomic E-state index is 10.8. The van der Waals surface area contributed by atoms with Gasteiger partial charge in [-0.3, -0.25) is 0 Å². The number of carbonyl (C=O) groups is 1. The lowest BCUT2D eigenvalue weighted by atomic mass is 9.99. The van der Waals surface area contributed by atoms with Crippen LogP contribution in [0, 0.1) is 0 Å². The standard InChI is InChI=1S/C16H17NO3/c1-3-11(2)12-4-6-13(7-5-12)20-14-8-9-17-15(10-14)16(18)19/h4-11H,3H2,1-2H3,(H,18,19). The number of rotatable bonds is 5. The van der Waals surface area contributed by atoms with E-state index in [1.807, 2.05) is 24.3 Å². The van der Waals surface area contributed by atoms with E-state index < -0.39 is 5.97 Å². The Morgan fingerprint density at radius 1 is 1.25 bits per heavy atom. The fourth-order valence-electron chi connectivity index (χ4n) is 1.83. The van der Waals surface area contributed by atoms with Crippen molar-refractivity contribution < 1.29 is 14.6 Å². The van der Waals surface area contributed by atoms with E-state index >= 15 is 0 Å². The van der Waals surface area contributed by atoms with Crippen LogP contribution in [0.1, 0.15) is 42.2 Å². The molecule has 0 aliphatic carbocycles. The normalized spacial score (nSPS) is 11.9. The molecule has 1 aromatic heterocycles. The molecule has 0 spiro atoms. The van der Waals surface area contributed by atoms with E-state index in [0.29, 0.717) is 17.4 Å². The third-order valence-corrected chi connectivity index (χ3v) is 3.25. The summed E-state index contributed by atoms with van der Waals surface area (Å²) in [5, 5.41) is 8.88. The summed E-state index contributed by atoms with van der Waals surface area (Å²) in [7, 11) is 0. The van der Waals surface area contributed by atoms with Gasteiger partial charge in [-0.25, -0.2) is 9.78 Å². The summed E-state index contributed by atoms with van der Waals surface area (Å²) in [6.45, 7) is 4.33. The van der Waals surface area contributed by atoms with E-state index in [0.717, 1.165) is 6.42 Å². The molecule has 1 atom stereocenters. The Labute approximate surface area is 118 Å². The first kappa shape index (κ1) is 14.1. The SMILES string of the molecule is CCC(C)c1ccc(Oc2ccnc(C(=O)O)c2)cc1. The van der Waals surface area contributed by atoms with Crippen LogP contribution in [0.4, 0.5) is 0 Å². The van der Waals surface area contributed by atoms with Gasteiger partial charge in [0.25, 0.3) is 0 Å². The highest BCUT2D eigenvalue weighted by atomic mass is 16.5. The second kappa shape index (κ2) is 6.19. The molecule has 4 heteroatoms. The highest BCUT2D eigenvalue weighted by Crippen LogP contribution is 2.25. The van der Waals surface area contributed by atoms with Gasteiger partial charge >= 0.3 is 5.97 Å². The first-order valence-corrected chi connectivity index (χ1v) is 6.57. The van der Waals surface area contributed by atoms with Gasteiger partial charge in [-0.2, -0.15) is 0 Å². The van der Waals surface area contributed by atoms with Crippen LogP contribution < -0.4 is 4.74 Å². The van der Waals surface area contributed by atoms with E-state index in [4.69, 9.17) is 9.84 Å². The number of hydrogen-bond acceptors (Lipinski definition) is 3. The average Bonchev–Trinajstić information content (AvgIpc) is 2.47. The van der Waals surface area contributed by atoms with Crippen molar-refractivity contribution in [2.75, 3.05) is 0 Å². The maximum Gasteiger partial charge on any atom is 0.354 e. The molecule has 1 aromatic carbocycles. The summed E-state index contributed by atoms with van der Waals surface area (Å²) in [6, 6.07) is 10.9. The highest BCUT2D eigenvalue weighted by Gasteiger charge is 2.07. The molecular weight excluding hydrogens is 254 g/mol. The van der Waals surface area contributed by atoms with Crippen molar-refractivity contribution in [3.05, 3.63) is 53.9 Å². The fraction of sp³-hybridized carbons (Fsp3) is 0.250. The van der Waals surface area contributed by atoms with Gasteiger partial charge in [-0.15, -0.1) is 0 Å². The number of pyridine rings is 1. The van der Waals surface area contributed by atoms with Crippen LogP contribution in [-0.4, -0.2) is 16.1 Å². The Hall–Kier alpha value is -2.36. The number of aromatic carboxylic acids is 1. The number of benzene rings is 1. The highest BCUT2D eigenvalue weighted by molar-refractivity contribution is 5.85. The molecule has 0 radical (unpaired) electrons. The lowest BCUT2D eigenvalue weighted by molar-refractivity contribution is 0.0690. The van der Waals surface area contributed by atoms with Gasteiger partial charge in [-0.1, -0.05) is 26.0 Å². The molecule has 0 bridgehead atoms. The Kier molecular flexibility index (Phi) is 4.35. The molecule has 1 unspecified atom stereocenters. The number of nitrogens with zero attached hydrogens (tertiary/aromatic N) is 1. The summed E-state index contributed by atoms with van der Waals surface area (Å²) in [4.78, 5) is 14.6. The summed E-state index contributed by atoms with van der Waals surface area (Å²) in [5.41, 5.74) is 1.24. The third-order valence-electron chi connectivity index (χ3n) is 3.25. The zero-order chi connectivity index (χ0) is 14.5. The van der Waals surface area contributed by atoms with Crippen molar-refractivity contribution in [3.8, 4) is 11.5 Å². The largest absolute Gasteiger partial charge is 0.477 e. The van der Waals surface area contributed by atoms with Crippen molar-refractivity contribution in [1.29, 1.82) is 0 Å². The number of carboxylic acids is 1. The minimum atomic E-state index is -1.07. The molecule has 104 valence electrons. The number of hydrogen-bond donors (Lipinski definition) is 1. The number of carboxylic acid groups (broad SMARTS) is 1. The first-order valence-electron chi connectivity index (χ1n) is 6.57. The number of aromatic nitrogens is 1. The zero-order valence-corrected chi connectivity index (χ0v) is 11.5. The minimum absolute atomic E-state index is 0.0290. The minimum Gasteiger partial charge on any atom is -0.477 e. The molecule has 4 nitrogen and oxygen atoms in total. The molecule has 2 aromatic rings. The van der Waals surface area contributed by atoms with Crippen LogP contribution in [-0.2, 0) is 0 Å². The van der Waals surface area contributed by atoms with E-state index in [2.05, 4.69) is 18.8 Å². The first-order chi connectivity index (χ1) is 9.60. The molecule has 2 rings (SSSR count). The van der Waals surface area contributed by atoms with Crippen LogP contribution in [0.3, 0.4) is 0 Å². The van der Waals surface area contributed by atoms with E-state index in [9.17, 15) is 4.79 Å². The van der Waals surface area contributed by atoms with Gasteiger partial charge in [0.15, 0.2) is 5.69 Å². The summed E-state index contributed by atoms with van der Waals surface area (Å²) in [6.07, 6.45) is 2.51. The molecule has 20 heavy (non-hydrogen) atoms. The van der Waals surface area contributed by atoms with Crippen molar-refractivity contribution in [3.63, 3.8) is 0 Å². The lowest BCUT2D eigenvalue weighted by Gasteiger charge is -2.10. The third kappa shape index (κ3) is 3.35. The number of ether oxygens (including phenoxy) is 1. The predicted molar refractivity (Wildman–Crippen MR) is 76.4 cm³/mol. The van der Waals surface area contributed by atoms with E-state index in [-0.39, 0.29) is 5.69 Å². The average molecular weight is 271 g/mol. The Morgan fingerprint density at radius 3 is 2.55 bits per heavy atom. The van der Waals surface area contributed by atoms with Crippen LogP contribution in [0.2, 0.25) is 0 Å². The molecule has 0 amide bonds. The molecule has 0 fully saturated rings. The van der Waals surface area contributed by atoms with Gasteiger partial charge < -0.3 is 9.84 Å². The Bertz CT molecular complexity index is 593. The molecule has 0 saturated carbocycles. The quantitative estimate of drug-likeness (QED) is 0.890. The van der Waals surface area contributed by atoms with Crippen molar-refractivity contribution in [2.24, 2.45) is 0 Å². The monoisotopic (exact) mass is 271 g/mol. The molecule has 0 aliphatic heterocycles. The van der Waals surface area contributed by atoms with Gasteiger partial charge in [-0.05, 0) is 36.1 Å². The second-order valence-corrected chi connectivity index (χ2v) is 4.66. The second-order valence-electron chi connectivity index (χ2n) is 4.66. The van der Waals surface area contributed by atoms with E-state index in [1.54, 1.807) is 6.07 Å². The molecule has 1 N–H and O–H groups in total. The molecular formula is C16H17NO3. The Balaban J connectivity index is 2.14. The van der Waals surface area contributed by atoms with Crippen LogP contribution in [0.25, 0.3) is 0 Å². The van der Waals surface area contributed by atoms with Crippen molar-refractivity contribution in [1.82, 2.24) is 4.98 Å². The lowest BCUT2D eigenvalue weighted by Crippen LogP contribution is -1.99. The van der Waals surface area contributed by atoms with Gasteiger partial charge in [0.1, 0.15) is 11.5 Å². The van der Waals surface area contributed by atoms with Gasteiger partial charge in [0.05, 0.1) is 0 Å². The van der Waals surface area contributed by atoms with Crippen LogP contribution in [0.15, 0.2) is 42.6 Å². The summed E-state index contributed by atoms with van der Waals surface area (Å²) >= 11 is 0. The van der Waals surface area contributed by atoms with Crippen LogP contribution >= 0.6 is 0 Å². The molecule has 0 aliphatic rings. The summed E-state index contributed by atoms with van der Waals surface area (Å²) in [5.74, 6) is 0.597. The topological polar surface area (TPSA) is 59.4 Å². The predicted octanol–water partition coefficient (Wildman–Crippen LogP) is 4.09. The fourth-order valence-corrected chi connectivity index (χ4v) is 1.83. The van der Waals surface area contributed by atoms with Gasteiger partial charge in [0, 0.05) is 12.3 Å². The molecule has 1 heterocycles. The zero-order valence-electron chi connectivity index (χ0n) is 11.5. The van der Waals surface area contributed by atoms with E-state index in [1.165, 1.54) is 17.8 Å². The maximum atomic E-state index is 10.8. The molecule has 0 saturated heterocycles. The van der Waals surface area contributed by atoms with Crippen molar-refractivity contribution in [2.45, 2.75) is 26.2 Å². The van der Waals surface area contributed by atoms with Crippen LogP contribution in [0.5, 0.6) is 11.5 Å². The smallest absolute Gasteiger partial charge is 0.354 e.